The molecule has 0 bridgehead atoms. The average Bonchev–Trinajstić information content (AvgIpc) is 2.79. The predicted octanol–water partition coefficient (Wildman–Crippen LogP) is -0.0937. The van der Waals surface area contributed by atoms with Gasteiger partial charge in [0.15, 0.2) is 0 Å². The minimum Gasteiger partial charge on any atom is -1.00 e. The molecule has 0 unspecified atom stereocenters. The summed E-state index contributed by atoms with van der Waals surface area (Å²) < 4.78 is 27.2. The van der Waals surface area contributed by atoms with Crippen molar-refractivity contribution in [3.05, 3.63) is 64.4 Å². The summed E-state index contributed by atoms with van der Waals surface area (Å²) in [6.07, 6.45) is 2.91. The number of para-hydroxylation sites is 1. The van der Waals surface area contributed by atoms with E-state index in [4.69, 9.17) is 0 Å². The number of fused-ring (bicyclic) bond motifs is 1. The average molecular weight is 442 g/mol. The third kappa shape index (κ3) is 3.39. The molecule has 2 aromatic carbocycles. The molecule has 0 amide bonds. The van der Waals surface area contributed by atoms with Gasteiger partial charge in [-0.1, -0.05) is 68.2 Å². The largest absolute Gasteiger partial charge is 2.00 e. The topological polar surface area (TPSA) is 39.1 Å². The van der Waals surface area contributed by atoms with Crippen LogP contribution in [0.5, 0.6) is 0 Å². The molecule has 7 heteroatoms. The SMILES string of the molecule is O=S(=O)(c1ccccc1)n1[c-]c(I)c2ccccc21.[Cl-].[Mg+2]. The Labute approximate surface area is 159 Å². The van der Waals surface area contributed by atoms with E-state index < -0.39 is 10.0 Å². The van der Waals surface area contributed by atoms with Gasteiger partial charge in [0, 0.05) is 0 Å². The Morgan fingerprint density at radius 2 is 1.52 bits per heavy atom. The minimum atomic E-state index is -3.59. The molecule has 3 aromatic rings. The van der Waals surface area contributed by atoms with Crippen LogP contribution in [0.2, 0.25) is 0 Å². The Morgan fingerprint density at radius 3 is 2.19 bits per heavy atom. The molecule has 0 fully saturated rings. The van der Waals surface area contributed by atoms with Crippen LogP contribution in [0.25, 0.3) is 10.9 Å². The monoisotopic (exact) mass is 441 g/mol. The van der Waals surface area contributed by atoms with Crippen LogP contribution >= 0.6 is 22.6 Å². The van der Waals surface area contributed by atoms with Crippen molar-refractivity contribution in [2.24, 2.45) is 0 Å². The molecule has 1 heterocycles. The molecule has 21 heavy (non-hydrogen) atoms. The molecule has 0 saturated carbocycles. The summed E-state index contributed by atoms with van der Waals surface area (Å²) in [7, 11) is -3.59. The van der Waals surface area contributed by atoms with Gasteiger partial charge in [-0.2, -0.15) is 0 Å². The molecule has 0 spiro atoms. The Bertz CT molecular complexity index is 850. The van der Waals surface area contributed by atoms with Crippen molar-refractivity contribution in [3.63, 3.8) is 0 Å². The first-order valence-corrected chi connectivity index (χ1v) is 8.11. The van der Waals surface area contributed by atoms with Gasteiger partial charge in [-0.05, 0) is 12.1 Å². The maximum Gasteiger partial charge on any atom is 2.00 e. The summed E-state index contributed by atoms with van der Waals surface area (Å²) in [5.41, 5.74) is 0.649. The second-order valence-corrected chi connectivity index (χ2v) is 6.89. The van der Waals surface area contributed by atoms with Gasteiger partial charge in [-0.15, -0.1) is 17.5 Å². The Morgan fingerprint density at radius 1 is 0.952 bits per heavy atom. The van der Waals surface area contributed by atoms with Gasteiger partial charge in [0.1, 0.15) is 0 Å². The van der Waals surface area contributed by atoms with Gasteiger partial charge in [-0.25, -0.2) is 8.42 Å². The van der Waals surface area contributed by atoms with Gasteiger partial charge in [0.2, 0.25) is 10.0 Å². The first-order valence-electron chi connectivity index (χ1n) is 5.59. The summed E-state index contributed by atoms with van der Waals surface area (Å²) in [4.78, 5) is 0.267. The smallest absolute Gasteiger partial charge is 1.00 e. The molecular weight excluding hydrogens is 433 g/mol. The third-order valence-corrected chi connectivity index (χ3v) is 5.30. The number of aromatic nitrogens is 1. The van der Waals surface area contributed by atoms with Gasteiger partial charge in [-0.3, -0.25) is 0 Å². The zero-order chi connectivity index (χ0) is 13.5. The van der Waals surface area contributed by atoms with Gasteiger partial charge in [0.25, 0.3) is 0 Å². The van der Waals surface area contributed by atoms with Crippen molar-refractivity contribution >= 4 is 66.6 Å². The van der Waals surface area contributed by atoms with E-state index >= 15 is 0 Å². The molecular formula is C14H9ClIMgNO2S. The van der Waals surface area contributed by atoms with E-state index in [-0.39, 0.29) is 40.4 Å². The number of hydrogen-bond donors (Lipinski definition) is 0. The van der Waals surface area contributed by atoms with E-state index in [2.05, 4.69) is 28.8 Å². The summed E-state index contributed by atoms with van der Waals surface area (Å²) in [5.74, 6) is 0. The normalized spacial score (nSPS) is 10.7. The molecule has 0 aliphatic heterocycles. The van der Waals surface area contributed by atoms with Crippen LogP contribution in [0.1, 0.15) is 0 Å². The number of benzene rings is 2. The van der Waals surface area contributed by atoms with E-state index in [1.807, 2.05) is 18.2 Å². The van der Waals surface area contributed by atoms with E-state index in [9.17, 15) is 8.42 Å². The van der Waals surface area contributed by atoms with Gasteiger partial charge in [0.05, 0.1) is 4.90 Å². The fourth-order valence-electron chi connectivity index (χ4n) is 1.93. The van der Waals surface area contributed by atoms with Crippen molar-refractivity contribution in [1.82, 2.24) is 3.97 Å². The first kappa shape index (κ1) is 18.8. The standard InChI is InChI=1S/C14H9INO2S.ClH.Mg/c15-13-10-16(14-9-5-4-8-12(13)14)19(17,18)11-6-2-1-3-7-11;;/h1-9H;1H;/q-1;;+2/p-1. The summed E-state index contributed by atoms with van der Waals surface area (Å²) in [5, 5.41) is 0.891. The Kier molecular flexibility index (Phi) is 6.54. The maximum absolute atomic E-state index is 12.6. The second-order valence-electron chi connectivity index (χ2n) is 4.03. The van der Waals surface area contributed by atoms with Gasteiger partial charge >= 0.3 is 23.1 Å². The third-order valence-electron chi connectivity index (χ3n) is 2.84. The zero-order valence-corrected chi connectivity index (χ0v) is 16.0. The first-order chi connectivity index (χ1) is 9.10. The molecule has 1 aromatic heterocycles. The van der Waals surface area contributed by atoms with E-state index in [0.717, 1.165) is 8.96 Å². The summed E-state index contributed by atoms with van der Waals surface area (Å²) in [6.45, 7) is 0. The fourth-order valence-corrected chi connectivity index (χ4v) is 4.14. The second kappa shape index (κ2) is 7.32. The zero-order valence-electron chi connectivity index (χ0n) is 10.8. The molecule has 0 radical (unpaired) electrons. The van der Waals surface area contributed by atoms with Crippen molar-refractivity contribution in [2.45, 2.75) is 4.90 Å². The summed E-state index contributed by atoms with van der Waals surface area (Å²) >= 11 is 2.10. The molecule has 0 atom stereocenters. The van der Waals surface area contributed by atoms with Crippen LogP contribution < -0.4 is 12.4 Å². The van der Waals surface area contributed by atoms with Crippen LogP contribution in [-0.2, 0) is 10.0 Å². The number of rotatable bonds is 2. The van der Waals surface area contributed by atoms with E-state index in [0.29, 0.717) is 5.52 Å². The molecule has 104 valence electrons. The number of halogens is 2. The van der Waals surface area contributed by atoms with E-state index in [1.165, 1.54) is 3.97 Å². The van der Waals surface area contributed by atoms with E-state index in [1.54, 1.807) is 36.4 Å². The van der Waals surface area contributed by atoms with Crippen LogP contribution in [-0.4, -0.2) is 35.4 Å². The number of hydrogen-bond acceptors (Lipinski definition) is 2. The van der Waals surface area contributed by atoms with Crippen molar-refractivity contribution in [3.8, 4) is 0 Å². The molecule has 0 aliphatic rings. The van der Waals surface area contributed by atoms with Gasteiger partial charge < -0.3 is 16.4 Å². The Balaban J connectivity index is 0.00000110. The quantitative estimate of drug-likeness (QED) is 0.317. The molecule has 0 aliphatic carbocycles. The molecule has 0 saturated heterocycles. The maximum atomic E-state index is 12.6. The predicted molar refractivity (Wildman–Crippen MR) is 88.3 cm³/mol. The minimum absolute atomic E-state index is 0. The van der Waals surface area contributed by atoms with Crippen LogP contribution in [0.4, 0.5) is 0 Å². The van der Waals surface area contributed by atoms with Crippen LogP contribution in [0, 0.1) is 9.77 Å². The van der Waals surface area contributed by atoms with Crippen molar-refractivity contribution < 1.29 is 20.8 Å². The van der Waals surface area contributed by atoms with Crippen LogP contribution in [0.15, 0.2) is 59.5 Å². The molecule has 3 nitrogen and oxygen atoms in total. The van der Waals surface area contributed by atoms with Crippen LogP contribution in [0.3, 0.4) is 0 Å². The molecule has 0 N–H and O–H groups in total. The number of nitrogens with zero attached hydrogens (tertiary/aromatic N) is 1. The molecule has 3 rings (SSSR count). The summed E-state index contributed by atoms with van der Waals surface area (Å²) in [6, 6.07) is 15.8. The van der Waals surface area contributed by atoms with Crippen molar-refractivity contribution in [2.75, 3.05) is 0 Å². The Hall–Kier alpha value is -0.284. The fraction of sp³-hybridized carbons (Fsp3) is 0. The van der Waals surface area contributed by atoms with Crippen molar-refractivity contribution in [1.29, 1.82) is 0 Å².